The Morgan fingerprint density at radius 3 is 2.67 bits per heavy atom. The Morgan fingerprint density at radius 2 is 2.11 bits per heavy atom. The van der Waals surface area contributed by atoms with Gasteiger partial charge in [0.2, 0.25) is 0 Å². The maximum absolute atomic E-state index is 6.00. The first-order valence-electron chi connectivity index (χ1n) is 6.26. The molecule has 1 aliphatic heterocycles. The fourth-order valence-electron chi connectivity index (χ4n) is 2.34. The number of hydrogen-bond donors (Lipinski definition) is 1. The van der Waals surface area contributed by atoms with Gasteiger partial charge in [0.05, 0.1) is 4.99 Å². The van der Waals surface area contributed by atoms with E-state index in [0.717, 1.165) is 37.5 Å². The molecule has 98 valence electrons. The smallest absolute Gasteiger partial charge is 0.0788 e. The number of benzene rings is 1. The second kappa shape index (κ2) is 5.55. The summed E-state index contributed by atoms with van der Waals surface area (Å²) in [6.07, 6.45) is 2.09. The first-order chi connectivity index (χ1) is 8.49. The van der Waals surface area contributed by atoms with Crippen LogP contribution < -0.4 is 5.73 Å². The molecule has 0 unspecified atom stereocenters. The second-order valence-electron chi connectivity index (χ2n) is 5.33. The zero-order valence-corrected chi connectivity index (χ0v) is 12.2. The van der Waals surface area contributed by atoms with Crippen LogP contribution in [0, 0.1) is 5.41 Å². The first kappa shape index (κ1) is 13.8. The van der Waals surface area contributed by atoms with Crippen molar-refractivity contribution < 1.29 is 0 Å². The van der Waals surface area contributed by atoms with Gasteiger partial charge < -0.3 is 5.73 Å². The van der Waals surface area contributed by atoms with Crippen LogP contribution in [0.3, 0.4) is 0 Å². The molecule has 0 amide bonds. The predicted octanol–water partition coefficient (Wildman–Crippen LogP) is 3.23. The zero-order valence-electron chi connectivity index (χ0n) is 10.7. The van der Waals surface area contributed by atoms with Gasteiger partial charge in [-0.3, -0.25) is 4.90 Å². The first-order valence-corrected chi connectivity index (χ1v) is 7.05. The minimum atomic E-state index is 0.0418. The number of halogens is 1. The molecule has 0 radical (unpaired) electrons. The number of nitrogens with two attached hydrogens (primary N) is 1. The van der Waals surface area contributed by atoms with Gasteiger partial charge >= 0.3 is 0 Å². The highest BCUT2D eigenvalue weighted by atomic mass is 35.5. The molecule has 2 nitrogen and oxygen atoms in total. The van der Waals surface area contributed by atoms with Crippen LogP contribution in [0.4, 0.5) is 0 Å². The van der Waals surface area contributed by atoms with E-state index in [1.807, 2.05) is 18.2 Å². The Hall–Kier alpha value is -0.640. The van der Waals surface area contributed by atoms with Gasteiger partial charge in [-0.15, -0.1) is 0 Å². The average molecular weight is 283 g/mol. The summed E-state index contributed by atoms with van der Waals surface area (Å²) in [6.45, 7) is 5.21. The highest BCUT2D eigenvalue weighted by Gasteiger charge is 2.32. The lowest BCUT2D eigenvalue weighted by Gasteiger charge is -2.38. The molecule has 1 heterocycles. The average Bonchev–Trinajstić information content (AvgIpc) is 2.32. The molecule has 18 heavy (non-hydrogen) atoms. The van der Waals surface area contributed by atoms with Crippen LogP contribution in [0.15, 0.2) is 24.3 Å². The third-order valence-electron chi connectivity index (χ3n) is 3.85. The van der Waals surface area contributed by atoms with Crippen molar-refractivity contribution in [2.24, 2.45) is 11.1 Å². The van der Waals surface area contributed by atoms with Crippen LogP contribution in [0.1, 0.15) is 25.3 Å². The lowest BCUT2D eigenvalue weighted by Crippen LogP contribution is -2.44. The molecule has 0 saturated carbocycles. The summed E-state index contributed by atoms with van der Waals surface area (Å²) >= 11 is 11.2. The summed E-state index contributed by atoms with van der Waals surface area (Å²) in [5.41, 5.74) is 7.12. The van der Waals surface area contributed by atoms with E-state index >= 15 is 0 Å². The van der Waals surface area contributed by atoms with Crippen LogP contribution in [0.25, 0.3) is 0 Å². The molecule has 0 atom stereocenters. The minimum Gasteiger partial charge on any atom is -0.393 e. The lowest BCUT2D eigenvalue weighted by molar-refractivity contribution is 0.158. The quantitative estimate of drug-likeness (QED) is 0.863. The molecule has 1 fully saturated rings. The Balaban J connectivity index is 1.93. The van der Waals surface area contributed by atoms with Crippen molar-refractivity contribution in [2.75, 3.05) is 13.1 Å². The highest BCUT2D eigenvalue weighted by Crippen LogP contribution is 2.31. The summed E-state index contributed by atoms with van der Waals surface area (Å²) in [5, 5.41) is 0.803. The summed E-state index contributed by atoms with van der Waals surface area (Å²) in [4.78, 5) is 3.09. The normalized spacial score (nSPS) is 19.7. The monoisotopic (exact) mass is 282 g/mol. The molecular weight excluding hydrogens is 264 g/mol. The fraction of sp³-hybridized carbons (Fsp3) is 0.500. The van der Waals surface area contributed by atoms with Crippen LogP contribution in [-0.2, 0) is 6.54 Å². The van der Waals surface area contributed by atoms with E-state index in [1.54, 1.807) is 0 Å². The number of likely N-dealkylation sites (tertiary alicyclic amines) is 1. The molecular formula is C14H19ClN2S. The van der Waals surface area contributed by atoms with E-state index in [9.17, 15) is 0 Å². The number of rotatable bonds is 3. The van der Waals surface area contributed by atoms with E-state index in [0.29, 0.717) is 4.99 Å². The minimum absolute atomic E-state index is 0.0418. The molecule has 4 heteroatoms. The van der Waals surface area contributed by atoms with E-state index < -0.39 is 0 Å². The zero-order chi connectivity index (χ0) is 13.2. The van der Waals surface area contributed by atoms with Crippen molar-refractivity contribution in [2.45, 2.75) is 26.3 Å². The predicted molar refractivity (Wildman–Crippen MR) is 80.9 cm³/mol. The molecule has 0 aliphatic carbocycles. The summed E-state index contributed by atoms with van der Waals surface area (Å²) in [5.74, 6) is 0. The van der Waals surface area contributed by atoms with Gasteiger partial charge in [0.25, 0.3) is 0 Å². The van der Waals surface area contributed by atoms with Gasteiger partial charge in [-0.25, -0.2) is 0 Å². The van der Waals surface area contributed by atoms with Gasteiger partial charge in [0, 0.05) is 17.0 Å². The van der Waals surface area contributed by atoms with E-state index in [-0.39, 0.29) is 5.41 Å². The van der Waals surface area contributed by atoms with Crippen LogP contribution in [0.2, 0.25) is 5.02 Å². The van der Waals surface area contributed by atoms with Gasteiger partial charge in [-0.05, 0) is 43.6 Å². The molecule has 0 bridgehead atoms. The molecule has 2 rings (SSSR count). The van der Waals surface area contributed by atoms with Crippen molar-refractivity contribution in [1.29, 1.82) is 0 Å². The maximum atomic E-state index is 6.00. The molecule has 1 aromatic carbocycles. The number of nitrogens with zero attached hydrogens (tertiary/aromatic N) is 1. The number of piperidine rings is 1. The van der Waals surface area contributed by atoms with Crippen LogP contribution >= 0.6 is 23.8 Å². The molecule has 0 spiro atoms. The van der Waals surface area contributed by atoms with Crippen molar-refractivity contribution in [3.05, 3.63) is 34.9 Å². The molecule has 1 aromatic rings. The van der Waals surface area contributed by atoms with Gasteiger partial charge in [0.1, 0.15) is 0 Å². The van der Waals surface area contributed by atoms with E-state index in [1.165, 1.54) is 5.56 Å². The fourth-order valence-corrected chi connectivity index (χ4v) is 2.76. The topological polar surface area (TPSA) is 29.3 Å². The SMILES string of the molecule is CC1(C(N)=S)CCN(Cc2cccc(Cl)c2)CC1. The standard InChI is InChI=1S/C14H19ClN2S/c1-14(13(16)18)5-7-17(8-6-14)10-11-3-2-4-12(15)9-11/h2-4,9H,5-8,10H2,1H3,(H2,16,18). The molecule has 1 aliphatic rings. The Morgan fingerprint density at radius 1 is 1.44 bits per heavy atom. The molecule has 0 aromatic heterocycles. The lowest BCUT2D eigenvalue weighted by atomic mass is 9.80. The van der Waals surface area contributed by atoms with Crippen molar-refractivity contribution in [1.82, 2.24) is 4.90 Å². The maximum Gasteiger partial charge on any atom is 0.0788 e. The summed E-state index contributed by atoms with van der Waals surface area (Å²) in [6, 6.07) is 8.06. The van der Waals surface area contributed by atoms with Crippen LogP contribution in [-0.4, -0.2) is 23.0 Å². The van der Waals surface area contributed by atoms with Crippen molar-refractivity contribution in [3.8, 4) is 0 Å². The number of thiocarbonyl (C=S) groups is 1. The Labute approximate surface area is 119 Å². The highest BCUT2D eigenvalue weighted by molar-refractivity contribution is 7.80. The van der Waals surface area contributed by atoms with Crippen molar-refractivity contribution in [3.63, 3.8) is 0 Å². The molecule has 2 N–H and O–H groups in total. The van der Waals surface area contributed by atoms with Gasteiger partial charge in [-0.2, -0.15) is 0 Å². The van der Waals surface area contributed by atoms with Crippen LogP contribution in [0.5, 0.6) is 0 Å². The summed E-state index contributed by atoms with van der Waals surface area (Å²) < 4.78 is 0. The van der Waals surface area contributed by atoms with E-state index in [4.69, 9.17) is 29.6 Å². The third kappa shape index (κ3) is 3.22. The summed E-state index contributed by atoms with van der Waals surface area (Å²) in [7, 11) is 0. The largest absolute Gasteiger partial charge is 0.393 e. The second-order valence-corrected chi connectivity index (χ2v) is 6.21. The van der Waals surface area contributed by atoms with Gasteiger partial charge in [-0.1, -0.05) is 42.9 Å². The Kier molecular flexibility index (Phi) is 4.25. The van der Waals surface area contributed by atoms with E-state index in [2.05, 4.69) is 17.9 Å². The van der Waals surface area contributed by atoms with Crippen molar-refractivity contribution >= 4 is 28.8 Å². The third-order valence-corrected chi connectivity index (χ3v) is 4.58. The number of hydrogen-bond acceptors (Lipinski definition) is 2. The molecule has 1 saturated heterocycles. The van der Waals surface area contributed by atoms with Gasteiger partial charge in [0.15, 0.2) is 0 Å². The Bertz CT molecular complexity index is 439.